The van der Waals surface area contributed by atoms with Crippen LogP contribution >= 0.6 is 11.6 Å². The molecule has 0 aliphatic carbocycles. The Labute approximate surface area is 72.2 Å². The molecule has 0 aromatic rings. The molecular formula is C6H5ClO5. The van der Waals surface area contributed by atoms with Gasteiger partial charge in [-0.25, -0.2) is 9.59 Å². The molecule has 0 saturated carbocycles. The van der Waals surface area contributed by atoms with Crippen LogP contribution in [0.5, 0.6) is 0 Å². The van der Waals surface area contributed by atoms with Crippen molar-refractivity contribution < 1.29 is 24.9 Å². The third kappa shape index (κ3) is 3.62. The summed E-state index contributed by atoms with van der Waals surface area (Å²) in [5.41, 5.74) is 0. The van der Waals surface area contributed by atoms with Crippen molar-refractivity contribution >= 4 is 23.5 Å². The van der Waals surface area contributed by atoms with Crippen LogP contribution in [0.15, 0.2) is 22.9 Å². The molecule has 6 heteroatoms. The fraction of sp³-hybridized carbons (Fsp3) is 0. The van der Waals surface area contributed by atoms with Crippen molar-refractivity contribution in [3.05, 3.63) is 22.9 Å². The highest BCUT2D eigenvalue weighted by Crippen LogP contribution is 2.02. The monoisotopic (exact) mass is 192 g/mol. The van der Waals surface area contributed by atoms with E-state index in [1.165, 1.54) is 0 Å². The Morgan fingerprint density at radius 2 is 1.50 bits per heavy atom. The van der Waals surface area contributed by atoms with E-state index in [-0.39, 0.29) is 0 Å². The Balaban J connectivity index is 4.48. The van der Waals surface area contributed by atoms with Gasteiger partial charge in [-0.1, -0.05) is 11.6 Å². The molecule has 0 unspecified atom stereocenters. The maximum absolute atomic E-state index is 10.0. The lowest BCUT2D eigenvalue weighted by Gasteiger charge is -1.88. The second kappa shape index (κ2) is 4.40. The minimum Gasteiger partial charge on any atom is -0.502 e. The molecule has 3 N–H and O–H groups in total. The fourth-order valence-electron chi connectivity index (χ4n) is 0.295. The number of allylic oxidation sites excluding steroid dienone is 2. The van der Waals surface area contributed by atoms with Gasteiger partial charge in [-0.15, -0.1) is 0 Å². The zero-order valence-corrected chi connectivity index (χ0v) is 6.45. The Morgan fingerprint density at radius 1 is 1.00 bits per heavy atom. The normalized spacial score (nSPS) is 12.8. The highest BCUT2D eigenvalue weighted by Gasteiger charge is 2.03. The van der Waals surface area contributed by atoms with Crippen LogP contribution in [0.4, 0.5) is 0 Å². The van der Waals surface area contributed by atoms with E-state index in [0.29, 0.717) is 6.08 Å². The Kier molecular flexibility index (Phi) is 3.85. The number of halogens is 1. The van der Waals surface area contributed by atoms with E-state index in [9.17, 15) is 9.59 Å². The number of aliphatic hydroxyl groups excluding tert-OH is 1. The molecule has 0 aliphatic heterocycles. The average Bonchev–Trinajstić information content (AvgIpc) is 1.98. The summed E-state index contributed by atoms with van der Waals surface area (Å²) in [6.07, 6.45) is 1.45. The topological polar surface area (TPSA) is 94.8 Å². The largest absolute Gasteiger partial charge is 0.502 e. The first-order chi connectivity index (χ1) is 5.45. The number of hydrogen-bond donors (Lipinski definition) is 3. The molecule has 0 aromatic heterocycles. The van der Waals surface area contributed by atoms with Crippen molar-refractivity contribution in [1.29, 1.82) is 0 Å². The molecule has 0 bridgehead atoms. The molecule has 0 rings (SSSR count). The molecule has 0 spiro atoms. The first-order valence-corrected chi connectivity index (χ1v) is 3.06. The second-order valence-corrected chi connectivity index (χ2v) is 2.08. The number of carbonyl (C=O) groups is 2. The molecule has 0 saturated heterocycles. The lowest BCUT2D eigenvalue weighted by Crippen LogP contribution is -1.98. The maximum Gasteiger partial charge on any atom is 0.370 e. The number of rotatable bonds is 3. The van der Waals surface area contributed by atoms with Gasteiger partial charge in [0.1, 0.15) is 5.03 Å². The van der Waals surface area contributed by atoms with Crippen LogP contribution in [0, 0.1) is 0 Å². The van der Waals surface area contributed by atoms with E-state index < -0.39 is 22.7 Å². The molecule has 0 atom stereocenters. The molecule has 5 nitrogen and oxygen atoms in total. The maximum atomic E-state index is 10.0. The number of aliphatic hydroxyl groups is 1. The number of carboxylic acid groups (broad SMARTS) is 2. The Morgan fingerprint density at radius 3 is 1.83 bits per heavy atom. The minimum absolute atomic E-state index is 0.581. The molecule has 0 fully saturated rings. The first kappa shape index (κ1) is 10.5. The molecule has 0 heterocycles. The minimum atomic E-state index is -1.55. The zero-order valence-electron chi connectivity index (χ0n) is 5.69. The molecule has 0 aliphatic rings. The summed E-state index contributed by atoms with van der Waals surface area (Å²) in [5.74, 6) is -3.93. The Hall–Kier alpha value is -1.49. The molecule has 12 heavy (non-hydrogen) atoms. The molecular weight excluding hydrogens is 188 g/mol. The van der Waals surface area contributed by atoms with Gasteiger partial charge in [0.05, 0.1) is 0 Å². The van der Waals surface area contributed by atoms with Crippen molar-refractivity contribution in [2.75, 3.05) is 0 Å². The van der Waals surface area contributed by atoms with Gasteiger partial charge in [0.25, 0.3) is 0 Å². The summed E-state index contributed by atoms with van der Waals surface area (Å²) in [5, 5.41) is 24.2. The van der Waals surface area contributed by atoms with Crippen LogP contribution in [-0.4, -0.2) is 27.3 Å². The van der Waals surface area contributed by atoms with Crippen LogP contribution in [0.3, 0.4) is 0 Å². The van der Waals surface area contributed by atoms with Crippen LogP contribution in [-0.2, 0) is 9.59 Å². The summed E-state index contributed by atoms with van der Waals surface area (Å²) in [7, 11) is 0. The van der Waals surface area contributed by atoms with Crippen molar-refractivity contribution in [2.45, 2.75) is 0 Å². The highest BCUT2D eigenvalue weighted by molar-refractivity contribution is 6.41. The molecule has 0 amide bonds. The predicted molar refractivity (Wildman–Crippen MR) is 39.9 cm³/mol. The van der Waals surface area contributed by atoms with E-state index in [1.807, 2.05) is 0 Å². The van der Waals surface area contributed by atoms with Gasteiger partial charge in [-0.2, -0.15) is 0 Å². The van der Waals surface area contributed by atoms with E-state index in [4.69, 9.17) is 26.9 Å². The van der Waals surface area contributed by atoms with Crippen molar-refractivity contribution in [1.82, 2.24) is 0 Å². The summed E-state index contributed by atoms with van der Waals surface area (Å²) in [6, 6.07) is 0. The van der Waals surface area contributed by atoms with Crippen molar-refractivity contribution in [3.63, 3.8) is 0 Å². The number of carboxylic acids is 2. The quantitative estimate of drug-likeness (QED) is 0.348. The Bertz CT molecular complexity index is 237. The molecule has 66 valence electrons. The average molecular weight is 193 g/mol. The SMILES string of the molecule is O=C(O)C(O)=CC=C(Cl)C(=O)O. The summed E-state index contributed by atoms with van der Waals surface area (Å²) in [4.78, 5) is 20.0. The number of aliphatic carboxylic acids is 2. The second-order valence-electron chi connectivity index (χ2n) is 1.68. The van der Waals surface area contributed by atoms with Gasteiger partial charge in [0, 0.05) is 0 Å². The fourth-order valence-corrected chi connectivity index (χ4v) is 0.358. The third-order valence-corrected chi connectivity index (χ3v) is 1.10. The molecule has 0 radical (unpaired) electrons. The summed E-state index contributed by atoms with van der Waals surface area (Å²) < 4.78 is 0. The van der Waals surface area contributed by atoms with E-state index >= 15 is 0 Å². The smallest absolute Gasteiger partial charge is 0.370 e. The van der Waals surface area contributed by atoms with Gasteiger partial charge in [-0.05, 0) is 12.2 Å². The predicted octanol–water partition coefficient (Wildman–Crippen LogP) is 0.720. The van der Waals surface area contributed by atoms with Crippen LogP contribution in [0.25, 0.3) is 0 Å². The summed E-state index contributed by atoms with van der Waals surface area (Å²) in [6.45, 7) is 0. The molecule has 0 aromatic carbocycles. The summed E-state index contributed by atoms with van der Waals surface area (Å²) >= 11 is 5.08. The van der Waals surface area contributed by atoms with Gasteiger partial charge < -0.3 is 15.3 Å². The zero-order chi connectivity index (χ0) is 9.72. The van der Waals surface area contributed by atoms with E-state index in [2.05, 4.69) is 0 Å². The van der Waals surface area contributed by atoms with Crippen molar-refractivity contribution in [3.8, 4) is 0 Å². The van der Waals surface area contributed by atoms with Gasteiger partial charge >= 0.3 is 11.9 Å². The standard InChI is InChI=1S/C6H5ClO5/c7-3(5(9)10)1-2-4(8)6(11)12/h1-2,8H,(H,9,10)(H,11,12). The van der Waals surface area contributed by atoms with Gasteiger partial charge in [-0.3, -0.25) is 0 Å². The van der Waals surface area contributed by atoms with Crippen LogP contribution in [0.2, 0.25) is 0 Å². The highest BCUT2D eigenvalue weighted by atomic mass is 35.5. The number of hydrogen-bond acceptors (Lipinski definition) is 3. The van der Waals surface area contributed by atoms with Crippen LogP contribution in [0.1, 0.15) is 0 Å². The third-order valence-electron chi connectivity index (χ3n) is 0.811. The van der Waals surface area contributed by atoms with Gasteiger partial charge in [0.2, 0.25) is 5.76 Å². The van der Waals surface area contributed by atoms with E-state index in [0.717, 1.165) is 6.08 Å². The van der Waals surface area contributed by atoms with Crippen molar-refractivity contribution in [2.24, 2.45) is 0 Å². The van der Waals surface area contributed by atoms with Gasteiger partial charge in [0.15, 0.2) is 0 Å². The lowest BCUT2D eigenvalue weighted by atomic mass is 10.4. The van der Waals surface area contributed by atoms with E-state index in [1.54, 1.807) is 0 Å². The first-order valence-electron chi connectivity index (χ1n) is 2.68. The lowest BCUT2D eigenvalue weighted by molar-refractivity contribution is -0.135. The van der Waals surface area contributed by atoms with Crippen LogP contribution < -0.4 is 0 Å².